The van der Waals surface area contributed by atoms with Crippen LogP contribution in [0.3, 0.4) is 0 Å². The van der Waals surface area contributed by atoms with Crippen LogP contribution in [0.25, 0.3) is 4.96 Å². The quantitative estimate of drug-likeness (QED) is 0.692. The molecule has 0 saturated heterocycles. The van der Waals surface area contributed by atoms with Gasteiger partial charge in [-0.05, 0) is 6.07 Å². The first-order chi connectivity index (χ1) is 11.8. The molecule has 0 aliphatic carbocycles. The molecule has 3 rings (SSSR count). The van der Waals surface area contributed by atoms with Crippen molar-refractivity contribution in [3.63, 3.8) is 0 Å². The van der Waals surface area contributed by atoms with E-state index in [-0.39, 0.29) is 30.2 Å². The number of carbonyl (C=O) groups excluding carboxylic acids is 1. The number of imidazole rings is 1. The zero-order valence-corrected chi connectivity index (χ0v) is 14.0. The minimum atomic E-state index is -4.78. The molecule has 2 aromatic heterocycles. The fourth-order valence-corrected chi connectivity index (χ4v) is 3.07. The van der Waals surface area contributed by atoms with Crippen molar-refractivity contribution in [3.8, 4) is 5.75 Å². The second-order valence-electron chi connectivity index (χ2n) is 5.41. The van der Waals surface area contributed by atoms with Gasteiger partial charge in [0.15, 0.2) is 4.96 Å². The number of alkyl halides is 3. The number of rotatable bonds is 5. The molecule has 25 heavy (non-hydrogen) atoms. The Kier molecular flexibility index (Phi) is 4.67. The van der Waals surface area contributed by atoms with E-state index in [1.54, 1.807) is 12.3 Å². The predicted molar refractivity (Wildman–Crippen MR) is 86.4 cm³/mol. The molecule has 0 radical (unpaired) electrons. The lowest BCUT2D eigenvalue weighted by Crippen LogP contribution is -2.28. The molecular weight excluding hydrogens is 355 g/mol. The zero-order chi connectivity index (χ0) is 18.0. The number of carbonyl (C=O) groups is 1. The van der Waals surface area contributed by atoms with E-state index in [9.17, 15) is 18.0 Å². The van der Waals surface area contributed by atoms with Gasteiger partial charge in [0, 0.05) is 36.9 Å². The number of benzene rings is 1. The van der Waals surface area contributed by atoms with E-state index in [4.69, 9.17) is 0 Å². The fourth-order valence-electron chi connectivity index (χ4n) is 2.35. The van der Waals surface area contributed by atoms with Gasteiger partial charge in [0.2, 0.25) is 5.91 Å². The van der Waals surface area contributed by atoms with Gasteiger partial charge in [0.25, 0.3) is 0 Å². The fraction of sp³-hybridized carbons (Fsp3) is 0.250. The first kappa shape index (κ1) is 17.3. The van der Waals surface area contributed by atoms with Crippen LogP contribution < -0.4 is 4.74 Å². The molecule has 132 valence electrons. The third-order valence-corrected chi connectivity index (χ3v) is 4.28. The molecule has 1 aromatic carbocycles. The van der Waals surface area contributed by atoms with E-state index in [1.165, 1.54) is 41.5 Å². The van der Waals surface area contributed by atoms with Crippen molar-refractivity contribution in [2.75, 3.05) is 7.05 Å². The molecule has 0 spiro atoms. The van der Waals surface area contributed by atoms with Gasteiger partial charge < -0.3 is 9.64 Å². The van der Waals surface area contributed by atoms with E-state index < -0.39 is 6.36 Å². The van der Waals surface area contributed by atoms with Crippen LogP contribution in [0.5, 0.6) is 5.75 Å². The number of hydrogen-bond donors (Lipinski definition) is 0. The molecule has 0 N–H and O–H groups in total. The standard InChI is InChI=1S/C16H14F3N3O2S/c1-21(9-11-4-2-3-5-13(11)24-16(17,18)19)14(23)8-12-10-22-6-7-25-15(22)20-12/h2-7,10H,8-9H2,1H3. The number of thiazole rings is 1. The van der Waals surface area contributed by atoms with Crippen LogP contribution in [0.15, 0.2) is 42.0 Å². The summed E-state index contributed by atoms with van der Waals surface area (Å²) in [6.45, 7) is 0.00725. The minimum Gasteiger partial charge on any atom is -0.405 e. The van der Waals surface area contributed by atoms with Crippen molar-refractivity contribution in [2.24, 2.45) is 0 Å². The molecule has 0 fully saturated rings. The molecule has 0 saturated carbocycles. The number of para-hydroxylation sites is 1. The van der Waals surface area contributed by atoms with Gasteiger partial charge in [-0.25, -0.2) is 4.98 Å². The van der Waals surface area contributed by atoms with Crippen LogP contribution in [0.4, 0.5) is 13.2 Å². The Morgan fingerprint density at radius 1 is 1.36 bits per heavy atom. The van der Waals surface area contributed by atoms with Gasteiger partial charge >= 0.3 is 6.36 Å². The van der Waals surface area contributed by atoms with Crippen LogP contribution in [-0.4, -0.2) is 33.6 Å². The van der Waals surface area contributed by atoms with Crippen molar-refractivity contribution < 1.29 is 22.7 Å². The Morgan fingerprint density at radius 2 is 2.12 bits per heavy atom. The summed E-state index contributed by atoms with van der Waals surface area (Å²) < 4.78 is 43.2. The van der Waals surface area contributed by atoms with Crippen molar-refractivity contribution in [1.82, 2.24) is 14.3 Å². The maximum Gasteiger partial charge on any atom is 0.573 e. The van der Waals surface area contributed by atoms with Crippen molar-refractivity contribution >= 4 is 22.2 Å². The molecule has 0 unspecified atom stereocenters. The topological polar surface area (TPSA) is 46.8 Å². The molecule has 0 atom stereocenters. The summed E-state index contributed by atoms with van der Waals surface area (Å²) in [4.78, 5) is 18.8. The van der Waals surface area contributed by atoms with Gasteiger partial charge in [-0.2, -0.15) is 0 Å². The third-order valence-electron chi connectivity index (χ3n) is 3.51. The SMILES string of the molecule is CN(Cc1ccccc1OC(F)(F)F)C(=O)Cc1cn2ccsc2n1. The molecule has 9 heteroatoms. The first-order valence-corrected chi connectivity index (χ1v) is 8.18. The minimum absolute atomic E-state index is 0.00725. The molecule has 0 bridgehead atoms. The highest BCUT2D eigenvalue weighted by Crippen LogP contribution is 2.27. The van der Waals surface area contributed by atoms with Gasteiger partial charge in [-0.1, -0.05) is 18.2 Å². The van der Waals surface area contributed by atoms with E-state index >= 15 is 0 Å². The lowest BCUT2D eigenvalue weighted by Gasteiger charge is -2.19. The maximum atomic E-state index is 12.5. The van der Waals surface area contributed by atoms with Crippen LogP contribution in [0, 0.1) is 0 Å². The summed E-state index contributed by atoms with van der Waals surface area (Å²) in [5.74, 6) is -0.551. The van der Waals surface area contributed by atoms with Crippen LogP contribution in [-0.2, 0) is 17.8 Å². The van der Waals surface area contributed by atoms with Gasteiger partial charge in [0.05, 0.1) is 12.1 Å². The van der Waals surface area contributed by atoms with Gasteiger partial charge in [-0.3, -0.25) is 9.20 Å². The van der Waals surface area contributed by atoms with Crippen LogP contribution in [0.1, 0.15) is 11.3 Å². The number of halogens is 3. The van der Waals surface area contributed by atoms with E-state index in [2.05, 4.69) is 9.72 Å². The van der Waals surface area contributed by atoms with Crippen LogP contribution >= 0.6 is 11.3 Å². The second kappa shape index (κ2) is 6.75. The zero-order valence-electron chi connectivity index (χ0n) is 13.2. The number of aromatic nitrogens is 2. The Hall–Kier alpha value is -2.55. The molecule has 2 heterocycles. The van der Waals surface area contributed by atoms with Crippen molar-refractivity contribution in [3.05, 3.63) is 53.3 Å². The normalized spacial score (nSPS) is 11.7. The van der Waals surface area contributed by atoms with E-state index in [1.807, 2.05) is 16.0 Å². The average molecular weight is 369 g/mol. The molecule has 3 aromatic rings. The maximum absolute atomic E-state index is 12.5. The monoisotopic (exact) mass is 369 g/mol. The first-order valence-electron chi connectivity index (χ1n) is 7.30. The molecule has 1 amide bonds. The van der Waals surface area contributed by atoms with E-state index in [0.717, 1.165) is 4.96 Å². The smallest absolute Gasteiger partial charge is 0.405 e. The Morgan fingerprint density at radius 3 is 2.84 bits per heavy atom. The van der Waals surface area contributed by atoms with Gasteiger partial charge in [-0.15, -0.1) is 24.5 Å². The third kappa shape index (κ3) is 4.30. The molecular formula is C16H14F3N3O2S. The Bertz CT molecular complexity index is 860. The number of ether oxygens (including phenoxy) is 1. The average Bonchev–Trinajstić information content (AvgIpc) is 3.08. The molecule has 0 aliphatic rings. The number of fused-ring (bicyclic) bond motifs is 1. The summed E-state index contributed by atoms with van der Waals surface area (Å²) in [5.41, 5.74) is 0.894. The molecule has 5 nitrogen and oxygen atoms in total. The summed E-state index contributed by atoms with van der Waals surface area (Å²) in [6.07, 6.45) is -1.10. The number of nitrogens with zero attached hydrogens (tertiary/aromatic N) is 3. The lowest BCUT2D eigenvalue weighted by molar-refractivity contribution is -0.275. The van der Waals surface area contributed by atoms with Gasteiger partial charge in [0.1, 0.15) is 5.75 Å². The second-order valence-corrected chi connectivity index (χ2v) is 6.28. The number of likely N-dealkylation sites (N-methyl/N-ethyl adjacent to an activating group) is 1. The lowest BCUT2D eigenvalue weighted by atomic mass is 10.2. The highest BCUT2D eigenvalue weighted by molar-refractivity contribution is 7.15. The summed E-state index contributed by atoms with van der Waals surface area (Å²) in [6, 6.07) is 5.77. The highest BCUT2D eigenvalue weighted by atomic mass is 32.1. The van der Waals surface area contributed by atoms with Crippen molar-refractivity contribution in [1.29, 1.82) is 0 Å². The summed E-state index contributed by atoms with van der Waals surface area (Å²) in [5, 5.41) is 1.89. The highest BCUT2D eigenvalue weighted by Gasteiger charge is 2.32. The Labute approximate surface area is 145 Å². The summed E-state index contributed by atoms with van der Waals surface area (Å²) in [7, 11) is 1.53. The van der Waals surface area contributed by atoms with Crippen LogP contribution in [0.2, 0.25) is 0 Å². The number of hydrogen-bond acceptors (Lipinski definition) is 4. The Balaban J connectivity index is 1.68. The summed E-state index contributed by atoms with van der Waals surface area (Å²) >= 11 is 1.46. The predicted octanol–water partition coefficient (Wildman–Crippen LogP) is 3.50. The largest absolute Gasteiger partial charge is 0.573 e. The number of amides is 1. The molecule has 0 aliphatic heterocycles. The van der Waals surface area contributed by atoms with Crippen molar-refractivity contribution in [2.45, 2.75) is 19.3 Å². The van der Waals surface area contributed by atoms with E-state index in [0.29, 0.717) is 5.69 Å².